The van der Waals surface area contributed by atoms with E-state index in [-0.39, 0.29) is 5.56 Å². The Kier molecular flexibility index (Phi) is 7.47. The summed E-state index contributed by atoms with van der Waals surface area (Å²) < 4.78 is 29.1. The molecule has 0 saturated heterocycles. The number of carbonyl (C=O) groups excluding carboxylic acids is 1. The molecule has 0 aliphatic carbocycles. The Labute approximate surface area is 198 Å². The Morgan fingerprint density at radius 2 is 1.76 bits per heavy atom. The van der Waals surface area contributed by atoms with Crippen molar-refractivity contribution in [1.82, 2.24) is 14.5 Å². The predicted octanol–water partition coefficient (Wildman–Crippen LogP) is 2.99. The van der Waals surface area contributed by atoms with Crippen LogP contribution in [0.2, 0.25) is 0 Å². The first-order valence-corrected chi connectivity index (χ1v) is 11.9. The fourth-order valence-corrected chi connectivity index (χ4v) is 4.35. The molecule has 3 aromatic rings. The maximum atomic E-state index is 13.0. The van der Waals surface area contributed by atoms with E-state index in [0.717, 1.165) is 24.1 Å². The minimum Gasteiger partial charge on any atom is -0.480 e. The average Bonchev–Trinajstić information content (AvgIpc) is 3.28. The predicted molar refractivity (Wildman–Crippen MR) is 129 cm³/mol. The fourth-order valence-electron chi connectivity index (χ4n) is 3.21. The number of carboxylic acids is 1. The first kappa shape index (κ1) is 24.7. The molecule has 2 aromatic carbocycles. The van der Waals surface area contributed by atoms with Crippen LogP contribution in [-0.4, -0.2) is 40.4 Å². The number of benzene rings is 2. The van der Waals surface area contributed by atoms with Gasteiger partial charge in [0.15, 0.2) is 5.41 Å². The topological polar surface area (TPSA) is 118 Å². The number of nitrogens with zero attached hydrogens (tertiary/aromatic N) is 2. The Bertz CT molecular complexity index is 1300. The highest BCUT2D eigenvalue weighted by atomic mass is 32.2. The lowest BCUT2D eigenvalue weighted by Crippen LogP contribution is -2.51. The lowest BCUT2D eigenvalue weighted by Gasteiger charge is -2.23. The van der Waals surface area contributed by atoms with E-state index >= 15 is 0 Å². The third-order valence-corrected chi connectivity index (χ3v) is 6.92. The smallest absolute Gasteiger partial charge is 0.323 e. The van der Waals surface area contributed by atoms with Crippen molar-refractivity contribution < 1.29 is 23.1 Å². The highest BCUT2D eigenvalue weighted by Gasteiger charge is 2.46. The van der Waals surface area contributed by atoms with Crippen molar-refractivity contribution in [3.05, 3.63) is 108 Å². The Hall–Kier alpha value is -3.98. The second-order valence-electron chi connectivity index (χ2n) is 7.79. The molecule has 0 spiro atoms. The zero-order valence-corrected chi connectivity index (χ0v) is 19.4. The maximum absolute atomic E-state index is 13.0. The largest absolute Gasteiger partial charge is 0.480 e. The lowest BCUT2D eigenvalue weighted by molar-refractivity contribution is -0.148. The summed E-state index contributed by atoms with van der Waals surface area (Å²) in [7, 11) is -4.30. The summed E-state index contributed by atoms with van der Waals surface area (Å²) >= 11 is 0. The van der Waals surface area contributed by atoms with Crippen LogP contribution in [0.3, 0.4) is 0 Å². The summed E-state index contributed by atoms with van der Waals surface area (Å²) in [6.45, 7) is 5.04. The van der Waals surface area contributed by atoms with Gasteiger partial charge in [-0.15, -0.1) is 6.58 Å². The third-order valence-electron chi connectivity index (χ3n) is 5.38. The fraction of sp³-hybridized carbons (Fsp3) is 0.160. The van der Waals surface area contributed by atoms with Crippen molar-refractivity contribution in [3.63, 3.8) is 0 Å². The average molecular weight is 480 g/mol. The number of aliphatic carboxylic acids is 1. The number of hydrogen-bond donors (Lipinski definition) is 2. The molecule has 3 rings (SSSR count). The molecule has 2 unspecified atom stereocenters. The Morgan fingerprint density at radius 1 is 1.15 bits per heavy atom. The van der Waals surface area contributed by atoms with E-state index in [4.69, 9.17) is 0 Å². The van der Waals surface area contributed by atoms with Gasteiger partial charge in [0.05, 0.1) is 12.7 Å². The van der Waals surface area contributed by atoms with Crippen LogP contribution in [0.5, 0.6) is 0 Å². The number of carboxylic acid groups (broad SMARTS) is 1. The van der Waals surface area contributed by atoms with E-state index in [9.17, 15) is 23.1 Å². The van der Waals surface area contributed by atoms with Crippen LogP contribution in [0.4, 0.5) is 0 Å². The van der Waals surface area contributed by atoms with Crippen molar-refractivity contribution in [1.29, 1.82) is 0 Å². The number of rotatable bonds is 10. The molecule has 1 heterocycles. The second kappa shape index (κ2) is 10.3. The van der Waals surface area contributed by atoms with Crippen LogP contribution in [0.25, 0.3) is 6.08 Å². The highest BCUT2D eigenvalue weighted by Crippen LogP contribution is 2.25. The summed E-state index contributed by atoms with van der Waals surface area (Å²) in [5, 5.41) is 12.8. The molecule has 0 aliphatic heterocycles. The molecule has 34 heavy (non-hydrogen) atoms. The Morgan fingerprint density at radius 3 is 2.35 bits per heavy atom. The minimum atomic E-state index is -4.30. The molecular weight excluding hydrogens is 454 g/mol. The first-order chi connectivity index (χ1) is 16.2. The number of sulfonamides is 1. The van der Waals surface area contributed by atoms with Crippen molar-refractivity contribution in [2.45, 2.75) is 24.1 Å². The first-order valence-electron chi connectivity index (χ1n) is 10.4. The summed E-state index contributed by atoms with van der Waals surface area (Å²) in [6, 6.07) is 18.4. The van der Waals surface area contributed by atoms with E-state index in [1.807, 2.05) is 41.1 Å². The minimum absolute atomic E-state index is 0.0543. The molecule has 176 valence electrons. The quantitative estimate of drug-likeness (QED) is 0.341. The molecule has 1 amide bonds. The molecule has 0 bridgehead atoms. The molecular formula is C25H25N3O5S. The zero-order valence-electron chi connectivity index (χ0n) is 18.5. The van der Waals surface area contributed by atoms with E-state index in [1.54, 1.807) is 30.3 Å². The van der Waals surface area contributed by atoms with Gasteiger partial charge in [-0.3, -0.25) is 19.0 Å². The van der Waals surface area contributed by atoms with Crippen molar-refractivity contribution >= 4 is 28.0 Å². The standard InChI is InChI=1S/C25H25N3O5S/c1-3-22(15-14-19-10-6-4-7-11-19)34(32,33)27-23(29)25(2,24(30)31)21-16-26-28(18-21)17-20-12-8-5-9-13-20/h3-16,18,22H,1,17H2,2H3,(H,27,29)(H,30,31). The van der Waals surface area contributed by atoms with Gasteiger partial charge in [-0.2, -0.15) is 5.10 Å². The van der Waals surface area contributed by atoms with Gasteiger partial charge < -0.3 is 5.11 Å². The molecule has 1 aromatic heterocycles. The van der Waals surface area contributed by atoms with Crippen LogP contribution in [-0.2, 0) is 31.6 Å². The van der Waals surface area contributed by atoms with Crippen molar-refractivity contribution in [3.8, 4) is 0 Å². The molecule has 9 heteroatoms. The summed E-state index contributed by atoms with van der Waals surface area (Å²) in [6.07, 6.45) is 6.79. The molecule has 0 aliphatic rings. The summed E-state index contributed by atoms with van der Waals surface area (Å²) in [4.78, 5) is 25.2. The molecule has 8 nitrogen and oxygen atoms in total. The van der Waals surface area contributed by atoms with Crippen LogP contribution in [0.15, 0.2) is 91.8 Å². The van der Waals surface area contributed by atoms with Crippen molar-refractivity contribution in [2.24, 2.45) is 0 Å². The van der Waals surface area contributed by atoms with Crippen LogP contribution < -0.4 is 4.72 Å². The van der Waals surface area contributed by atoms with E-state index in [1.165, 1.54) is 23.2 Å². The van der Waals surface area contributed by atoms with E-state index < -0.39 is 32.6 Å². The van der Waals surface area contributed by atoms with Crippen molar-refractivity contribution in [2.75, 3.05) is 0 Å². The van der Waals surface area contributed by atoms with E-state index in [2.05, 4.69) is 11.7 Å². The lowest BCUT2D eigenvalue weighted by atomic mass is 9.84. The highest BCUT2D eigenvalue weighted by molar-refractivity contribution is 7.91. The summed E-state index contributed by atoms with van der Waals surface area (Å²) in [5.41, 5.74) is -0.437. The maximum Gasteiger partial charge on any atom is 0.323 e. The number of amides is 1. The number of carbonyl (C=O) groups is 2. The van der Waals surface area contributed by atoms with Crippen LogP contribution in [0.1, 0.15) is 23.6 Å². The van der Waals surface area contributed by atoms with Gasteiger partial charge in [0.2, 0.25) is 10.0 Å². The molecule has 0 saturated carbocycles. The van der Waals surface area contributed by atoms with Gasteiger partial charge >= 0.3 is 5.97 Å². The SMILES string of the molecule is C=CC(C=Cc1ccccc1)S(=O)(=O)NC(=O)C(C)(C(=O)O)c1cnn(Cc2ccccc2)c1. The van der Waals surface area contributed by atoms with E-state index in [0.29, 0.717) is 6.54 Å². The number of aromatic nitrogens is 2. The zero-order chi connectivity index (χ0) is 24.8. The second-order valence-corrected chi connectivity index (χ2v) is 9.63. The molecule has 0 fully saturated rings. The van der Waals surface area contributed by atoms with Gasteiger partial charge in [0.1, 0.15) is 5.25 Å². The van der Waals surface area contributed by atoms with Gasteiger partial charge in [0.25, 0.3) is 5.91 Å². The Balaban J connectivity index is 1.82. The molecule has 0 radical (unpaired) electrons. The van der Waals surface area contributed by atoms with Crippen LogP contribution >= 0.6 is 0 Å². The third kappa shape index (κ3) is 5.49. The normalized spacial score (nSPS) is 14.3. The van der Waals surface area contributed by atoms with Gasteiger partial charge in [-0.1, -0.05) is 78.9 Å². The van der Waals surface area contributed by atoms with Crippen LogP contribution in [0, 0.1) is 0 Å². The monoisotopic (exact) mass is 479 g/mol. The van der Waals surface area contributed by atoms with Gasteiger partial charge in [0, 0.05) is 11.8 Å². The summed E-state index contributed by atoms with van der Waals surface area (Å²) in [5.74, 6) is -2.70. The van der Waals surface area contributed by atoms with Gasteiger partial charge in [-0.05, 0) is 18.1 Å². The van der Waals surface area contributed by atoms with Gasteiger partial charge in [-0.25, -0.2) is 8.42 Å². The molecule has 2 N–H and O–H groups in total. The molecule has 2 atom stereocenters. The number of nitrogens with one attached hydrogen (secondary N) is 1. The number of hydrogen-bond acceptors (Lipinski definition) is 5.